The van der Waals surface area contributed by atoms with Gasteiger partial charge in [-0.1, -0.05) is 48.5 Å². The summed E-state index contributed by atoms with van der Waals surface area (Å²) in [5.41, 5.74) is 2.19. The van der Waals surface area contributed by atoms with Crippen LogP contribution < -0.4 is 4.74 Å². The minimum Gasteiger partial charge on any atom is -0.508 e. The number of ketones is 1. The molecular formula is C26H34O4. The minimum atomic E-state index is -0.349. The van der Waals surface area contributed by atoms with Gasteiger partial charge in [-0.25, -0.2) is 0 Å². The summed E-state index contributed by atoms with van der Waals surface area (Å²) < 4.78 is 6.09. The molecule has 4 nitrogen and oxygen atoms in total. The van der Waals surface area contributed by atoms with Crippen molar-refractivity contribution in [1.82, 2.24) is 0 Å². The molecule has 0 amide bonds. The number of ether oxygens (including phenoxy) is 1. The average molecular weight is 411 g/mol. The minimum absolute atomic E-state index is 0.119. The van der Waals surface area contributed by atoms with Gasteiger partial charge >= 0.3 is 0 Å². The second-order valence-corrected chi connectivity index (χ2v) is 9.66. The third kappa shape index (κ3) is 5.44. The van der Waals surface area contributed by atoms with Crippen LogP contribution in [0.4, 0.5) is 0 Å². The second-order valence-electron chi connectivity index (χ2n) is 9.66. The Bertz CT molecular complexity index is 923. The summed E-state index contributed by atoms with van der Waals surface area (Å²) in [7, 11) is 0. The molecule has 2 aromatic rings. The first-order valence-corrected chi connectivity index (χ1v) is 10.4. The highest BCUT2D eigenvalue weighted by Crippen LogP contribution is 2.46. The molecule has 0 aromatic heterocycles. The van der Waals surface area contributed by atoms with Crippen molar-refractivity contribution in [2.75, 3.05) is 6.61 Å². The quantitative estimate of drug-likeness (QED) is 0.428. The third-order valence-corrected chi connectivity index (χ3v) is 4.86. The van der Waals surface area contributed by atoms with E-state index in [9.17, 15) is 15.0 Å². The third-order valence-electron chi connectivity index (χ3n) is 4.86. The van der Waals surface area contributed by atoms with Crippen LogP contribution in [-0.2, 0) is 10.8 Å². The van der Waals surface area contributed by atoms with Crippen molar-refractivity contribution in [2.45, 2.75) is 65.7 Å². The zero-order chi connectivity index (χ0) is 22.7. The van der Waals surface area contributed by atoms with Crippen molar-refractivity contribution < 1.29 is 19.7 Å². The predicted molar refractivity (Wildman–Crippen MR) is 123 cm³/mol. The molecule has 0 aliphatic heterocycles. The van der Waals surface area contributed by atoms with Crippen molar-refractivity contribution in [3.8, 4) is 17.2 Å². The molecule has 2 rings (SSSR count). The van der Waals surface area contributed by atoms with E-state index >= 15 is 0 Å². The van der Waals surface area contributed by atoms with Gasteiger partial charge in [-0.3, -0.25) is 4.79 Å². The monoisotopic (exact) mass is 410 g/mol. The average Bonchev–Trinajstić information content (AvgIpc) is 2.63. The largest absolute Gasteiger partial charge is 0.508 e. The number of hydrogen-bond acceptors (Lipinski definition) is 4. The molecule has 0 unspecified atom stereocenters. The smallest absolute Gasteiger partial charge is 0.185 e. The molecule has 0 aliphatic rings. The maximum absolute atomic E-state index is 12.6. The van der Waals surface area contributed by atoms with E-state index in [0.29, 0.717) is 17.9 Å². The fourth-order valence-corrected chi connectivity index (χ4v) is 3.31. The molecule has 2 N–H and O–H groups in total. The lowest BCUT2D eigenvalue weighted by molar-refractivity contribution is 0.104. The summed E-state index contributed by atoms with van der Waals surface area (Å²) in [4.78, 5) is 12.6. The molecule has 0 saturated heterocycles. The molecule has 0 aliphatic carbocycles. The lowest BCUT2D eigenvalue weighted by atomic mass is 9.77. The molecule has 4 heteroatoms. The Morgan fingerprint density at radius 1 is 1.00 bits per heavy atom. The molecule has 0 spiro atoms. The number of phenols is 2. The summed E-state index contributed by atoms with van der Waals surface area (Å²) in [5, 5.41) is 20.6. The fourth-order valence-electron chi connectivity index (χ4n) is 3.31. The van der Waals surface area contributed by atoms with E-state index in [-0.39, 0.29) is 28.1 Å². The van der Waals surface area contributed by atoms with Crippen molar-refractivity contribution in [3.63, 3.8) is 0 Å². The van der Waals surface area contributed by atoms with E-state index in [1.54, 1.807) is 18.2 Å². The van der Waals surface area contributed by atoms with Crippen LogP contribution in [0.5, 0.6) is 17.2 Å². The number of allylic oxidation sites excluding steroid dienone is 1. The molecular weight excluding hydrogens is 376 g/mol. The number of phenolic OH excluding ortho intramolecular Hbond substituents is 2. The molecule has 0 fully saturated rings. The maximum Gasteiger partial charge on any atom is 0.185 e. The van der Waals surface area contributed by atoms with Crippen LogP contribution in [0.2, 0.25) is 0 Å². The van der Waals surface area contributed by atoms with E-state index in [0.717, 1.165) is 23.1 Å². The zero-order valence-corrected chi connectivity index (χ0v) is 19.2. The van der Waals surface area contributed by atoms with Crippen molar-refractivity contribution in [2.24, 2.45) is 0 Å². The first kappa shape index (κ1) is 23.5. The van der Waals surface area contributed by atoms with Crippen molar-refractivity contribution in [3.05, 3.63) is 58.7 Å². The van der Waals surface area contributed by atoms with Crippen molar-refractivity contribution in [1.29, 1.82) is 0 Å². The lowest BCUT2D eigenvalue weighted by Gasteiger charge is -2.30. The highest BCUT2D eigenvalue weighted by Gasteiger charge is 2.31. The van der Waals surface area contributed by atoms with Crippen LogP contribution in [0, 0.1) is 0 Å². The first-order valence-electron chi connectivity index (χ1n) is 10.4. The Labute approximate surface area is 180 Å². The Morgan fingerprint density at radius 2 is 1.60 bits per heavy atom. The topological polar surface area (TPSA) is 66.8 Å². The van der Waals surface area contributed by atoms with Gasteiger partial charge in [0.2, 0.25) is 0 Å². The highest BCUT2D eigenvalue weighted by atomic mass is 16.5. The normalized spacial score (nSPS) is 12.4. The Balaban J connectivity index is 2.65. The van der Waals surface area contributed by atoms with Gasteiger partial charge in [-0.15, -0.1) is 0 Å². The van der Waals surface area contributed by atoms with Gasteiger partial charge in [0.1, 0.15) is 17.2 Å². The molecule has 162 valence electrons. The van der Waals surface area contributed by atoms with Gasteiger partial charge in [0, 0.05) is 22.3 Å². The van der Waals surface area contributed by atoms with Gasteiger partial charge < -0.3 is 14.9 Å². The number of carbonyl (C=O) groups excluding carboxylic acids is 1. The Morgan fingerprint density at radius 3 is 2.10 bits per heavy atom. The van der Waals surface area contributed by atoms with E-state index < -0.39 is 0 Å². The molecule has 0 bridgehead atoms. The number of rotatable bonds is 6. The fraction of sp³-hybridized carbons (Fsp3) is 0.423. The predicted octanol–water partition coefficient (Wildman–Crippen LogP) is 6.38. The number of carbonyl (C=O) groups is 1. The maximum atomic E-state index is 12.6. The molecule has 0 atom stereocenters. The molecule has 30 heavy (non-hydrogen) atoms. The summed E-state index contributed by atoms with van der Waals surface area (Å²) in [5.74, 6) is 0.820. The molecule has 0 saturated carbocycles. The van der Waals surface area contributed by atoms with Gasteiger partial charge in [-0.2, -0.15) is 0 Å². The summed E-state index contributed by atoms with van der Waals surface area (Å²) >= 11 is 0. The summed E-state index contributed by atoms with van der Waals surface area (Å²) in [6.45, 7) is 14.8. The van der Waals surface area contributed by atoms with Crippen LogP contribution in [0.1, 0.15) is 81.9 Å². The van der Waals surface area contributed by atoms with Crippen LogP contribution in [0.3, 0.4) is 0 Å². The van der Waals surface area contributed by atoms with Gasteiger partial charge in [0.15, 0.2) is 5.78 Å². The van der Waals surface area contributed by atoms with Crippen LogP contribution in [-0.4, -0.2) is 22.6 Å². The molecule has 0 heterocycles. The van der Waals surface area contributed by atoms with Crippen LogP contribution in [0.15, 0.2) is 36.4 Å². The molecule has 2 aromatic carbocycles. The Hall–Kier alpha value is -2.75. The van der Waals surface area contributed by atoms with E-state index in [2.05, 4.69) is 20.8 Å². The van der Waals surface area contributed by atoms with E-state index in [1.807, 2.05) is 33.8 Å². The second kappa shape index (κ2) is 8.95. The molecule has 0 radical (unpaired) electrons. The standard InChI is InChI=1S/C26H34O4/c1-8-15-30-24-18(11-14-21(28)17-9-12-19(27)13-10-17)16-20(25(2,3)4)23(29)22(24)26(5,6)7/h9-14,16,27,29H,8,15H2,1-7H3. The Kier molecular flexibility index (Phi) is 7.02. The number of aromatic hydroxyl groups is 2. The van der Waals surface area contributed by atoms with Crippen molar-refractivity contribution >= 4 is 11.9 Å². The number of benzene rings is 2. The lowest BCUT2D eigenvalue weighted by Crippen LogP contribution is -2.19. The van der Waals surface area contributed by atoms with Gasteiger partial charge in [0.05, 0.1) is 6.61 Å². The van der Waals surface area contributed by atoms with E-state index in [4.69, 9.17) is 4.74 Å². The van der Waals surface area contributed by atoms with E-state index in [1.165, 1.54) is 18.2 Å². The first-order chi connectivity index (χ1) is 13.9. The zero-order valence-electron chi connectivity index (χ0n) is 19.2. The SMILES string of the molecule is CCCOc1c(C=CC(=O)c2ccc(O)cc2)cc(C(C)(C)C)c(O)c1C(C)(C)C. The van der Waals surface area contributed by atoms with Crippen LogP contribution >= 0.6 is 0 Å². The van der Waals surface area contributed by atoms with Gasteiger partial charge in [0.25, 0.3) is 0 Å². The number of hydrogen-bond donors (Lipinski definition) is 2. The highest BCUT2D eigenvalue weighted by molar-refractivity contribution is 6.07. The van der Waals surface area contributed by atoms with Crippen LogP contribution in [0.25, 0.3) is 6.08 Å². The summed E-state index contributed by atoms with van der Waals surface area (Å²) in [6, 6.07) is 8.08. The van der Waals surface area contributed by atoms with Gasteiger partial charge in [-0.05, 0) is 59.7 Å². The summed E-state index contributed by atoms with van der Waals surface area (Å²) in [6.07, 6.45) is 4.10.